The molecule has 0 radical (unpaired) electrons. The van der Waals surface area contributed by atoms with Crippen LogP contribution in [0.25, 0.3) is 0 Å². The van der Waals surface area contributed by atoms with Gasteiger partial charge in [0, 0.05) is 19.1 Å². The lowest BCUT2D eigenvalue weighted by Gasteiger charge is -2.19. The zero-order valence-electron chi connectivity index (χ0n) is 12.0. The Morgan fingerprint density at radius 3 is 2.59 bits per heavy atom. The third kappa shape index (κ3) is 7.74. The van der Waals surface area contributed by atoms with Crippen LogP contribution in [-0.4, -0.2) is 62.2 Å². The number of unbranched alkanes of at least 4 members (excludes halogenated alkanes) is 2. The summed E-state index contributed by atoms with van der Waals surface area (Å²) in [6, 6.07) is 0.635. The molecule has 102 valence electrons. The van der Waals surface area contributed by atoms with Gasteiger partial charge in [-0.25, -0.2) is 0 Å². The molecule has 0 aromatic carbocycles. The van der Waals surface area contributed by atoms with Crippen molar-refractivity contribution in [3.8, 4) is 0 Å². The van der Waals surface area contributed by atoms with Gasteiger partial charge in [-0.1, -0.05) is 20.3 Å². The zero-order valence-corrected chi connectivity index (χ0v) is 12.0. The summed E-state index contributed by atoms with van der Waals surface area (Å²) in [6.07, 6.45) is 5.40. The fourth-order valence-electron chi connectivity index (χ4n) is 2.35. The minimum Gasteiger partial charge on any atom is -0.315 e. The molecular formula is C14H31N3. The minimum atomic E-state index is 0.635. The maximum Gasteiger partial charge on any atom is 0.0109 e. The van der Waals surface area contributed by atoms with Crippen LogP contribution in [-0.2, 0) is 0 Å². The van der Waals surface area contributed by atoms with Crippen molar-refractivity contribution in [1.29, 1.82) is 0 Å². The van der Waals surface area contributed by atoms with E-state index in [1.54, 1.807) is 0 Å². The second-order valence-electron chi connectivity index (χ2n) is 5.67. The molecule has 0 unspecified atom stereocenters. The molecule has 0 aliphatic carbocycles. The average Bonchev–Trinajstić information content (AvgIpc) is 2.48. The number of hydrogen-bond donors (Lipinski definition) is 1. The fraction of sp³-hybridized carbons (Fsp3) is 1.00. The summed E-state index contributed by atoms with van der Waals surface area (Å²) in [4.78, 5) is 5.09. The molecule has 1 rings (SSSR count). The molecule has 1 aliphatic heterocycles. The molecule has 0 bridgehead atoms. The maximum absolute atomic E-state index is 3.48. The van der Waals surface area contributed by atoms with Gasteiger partial charge in [0.15, 0.2) is 0 Å². The molecule has 0 amide bonds. The molecule has 0 spiro atoms. The van der Waals surface area contributed by atoms with E-state index in [-0.39, 0.29) is 0 Å². The Morgan fingerprint density at radius 1 is 1.00 bits per heavy atom. The van der Waals surface area contributed by atoms with Crippen molar-refractivity contribution >= 4 is 0 Å². The number of nitrogens with one attached hydrogen (secondary N) is 1. The fourth-order valence-corrected chi connectivity index (χ4v) is 2.35. The number of hydrogen-bond acceptors (Lipinski definition) is 3. The normalized spacial score (nSPS) is 19.8. The topological polar surface area (TPSA) is 18.5 Å². The van der Waals surface area contributed by atoms with Gasteiger partial charge < -0.3 is 15.1 Å². The van der Waals surface area contributed by atoms with Crippen LogP contribution < -0.4 is 5.32 Å². The zero-order chi connectivity index (χ0) is 12.5. The highest BCUT2D eigenvalue weighted by molar-refractivity contribution is 4.67. The van der Waals surface area contributed by atoms with Gasteiger partial charge in [-0.15, -0.1) is 0 Å². The Morgan fingerprint density at radius 2 is 1.82 bits per heavy atom. The van der Waals surface area contributed by atoms with Gasteiger partial charge in [-0.3, -0.25) is 0 Å². The molecule has 17 heavy (non-hydrogen) atoms. The van der Waals surface area contributed by atoms with Crippen LogP contribution in [0, 0.1) is 0 Å². The second kappa shape index (κ2) is 8.90. The number of rotatable bonds is 7. The van der Waals surface area contributed by atoms with Crippen molar-refractivity contribution in [2.45, 2.75) is 45.6 Å². The van der Waals surface area contributed by atoms with E-state index in [2.05, 4.69) is 36.0 Å². The van der Waals surface area contributed by atoms with Gasteiger partial charge in [-0.2, -0.15) is 0 Å². The second-order valence-corrected chi connectivity index (χ2v) is 5.67. The SMILES string of the molecule is CC(C)NCCCCCN1CCCN(C)CC1. The molecule has 3 heteroatoms. The highest BCUT2D eigenvalue weighted by Gasteiger charge is 2.10. The summed E-state index contributed by atoms with van der Waals surface area (Å²) in [7, 11) is 2.24. The van der Waals surface area contributed by atoms with Crippen molar-refractivity contribution < 1.29 is 0 Å². The van der Waals surface area contributed by atoms with E-state index >= 15 is 0 Å². The highest BCUT2D eigenvalue weighted by Crippen LogP contribution is 2.04. The van der Waals surface area contributed by atoms with E-state index in [4.69, 9.17) is 0 Å². The molecule has 0 atom stereocenters. The van der Waals surface area contributed by atoms with E-state index in [0.717, 1.165) is 0 Å². The lowest BCUT2D eigenvalue weighted by molar-refractivity contribution is 0.270. The van der Waals surface area contributed by atoms with E-state index in [1.807, 2.05) is 0 Å². The highest BCUT2D eigenvalue weighted by atomic mass is 15.2. The Labute approximate surface area is 108 Å². The van der Waals surface area contributed by atoms with Crippen molar-refractivity contribution in [2.24, 2.45) is 0 Å². The molecule has 1 N–H and O–H groups in total. The van der Waals surface area contributed by atoms with Crippen molar-refractivity contribution in [2.75, 3.05) is 46.3 Å². The molecule has 0 aromatic heterocycles. The minimum absolute atomic E-state index is 0.635. The molecular weight excluding hydrogens is 210 g/mol. The van der Waals surface area contributed by atoms with Gasteiger partial charge in [0.05, 0.1) is 0 Å². The maximum atomic E-state index is 3.48. The van der Waals surface area contributed by atoms with Crippen LogP contribution in [0.5, 0.6) is 0 Å². The first-order chi connectivity index (χ1) is 8.18. The van der Waals surface area contributed by atoms with E-state index in [1.165, 1.54) is 65.0 Å². The lowest BCUT2D eigenvalue weighted by atomic mass is 10.2. The molecule has 1 heterocycles. The van der Waals surface area contributed by atoms with Gasteiger partial charge in [-0.05, 0) is 52.5 Å². The van der Waals surface area contributed by atoms with Gasteiger partial charge in [0.1, 0.15) is 0 Å². The van der Waals surface area contributed by atoms with Gasteiger partial charge in [0.2, 0.25) is 0 Å². The third-order valence-electron chi connectivity index (χ3n) is 3.52. The van der Waals surface area contributed by atoms with Gasteiger partial charge >= 0.3 is 0 Å². The summed E-state index contributed by atoms with van der Waals surface area (Å²) in [6.45, 7) is 12.0. The molecule has 1 saturated heterocycles. The number of nitrogens with zero attached hydrogens (tertiary/aromatic N) is 2. The van der Waals surface area contributed by atoms with Crippen molar-refractivity contribution in [3.05, 3.63) is 0 Å². The molecule has 3 nitrogen and oxygen atoms in total. The first-order valence-electron chi connectivity index (χ1n) is 7.33. The Hall–Kier alpha value is -0.120. The van der Waals surface area contributed by atoms with Crippen LogP contribution in [0.15, 0.2) is 0 Å². The van der Waals surface area contributed by atoms with E-state index in [0.29, 0.717) is 6.04 Å². The Bertz CT molecular complexity index is 182. The van der Waals surface area contributed by atoms with E-state index in [9.17, 15) is 0 Å². The molecule has 1 aliphatic rings. The van der Waals surface area contributed by atoms with Crippen LogP contribution in [0.3, 0.4) is 0 Å². The summed E-state index contributed by atoms with van der Waals surface area (Å²) in [5.41, 5.74) is 0. The Kier molecular flexibility index (Phi) is 7.82. The molecule has 1 fully saturated rings. The van der Waals surface area contributed by atoms with E-state index < -0.39 is 0 Å². The van der Waals surface area contributed by atoms with Crippen LogP contribution in [0.2, 0.25) is 0 Å². The van der Waals surface area contributed by atoms with Crippen molar-refractivity contribution in [1.82, 2.24) is 15.1 Å². The quantitative estimate of drug-likeness (QED) is 0.686. The lowest BCUT2D eigenvalue weighted by Crippen LogP contribution is -2.30. The predicted octanol–water partition coefficient (Wildman–Crippen LogP) is 1.79. The predicted molar refractivity (Wildman–Crippen MR) is 75.5 cm³/mol. The average molecular weight is 241 g/mol. The van der Waals surface area contributed by atoms with Crippen LogP contribution in [0.4, 0.5) is 0 Å². The smallest absolute Gasteiger partial charge is 0.0109 e. The third-order valence-corrected chi connectivity index (χ3v) is 3.52. The monoisotopic (exact) mass is 241 g/mol. The molecule has 0 aromatic rings. The van der Waals surface area contributed by atoms with Crippen LogP contribution in [0.1, 0.15) is 39.5 Å². The largest absolute Gasteiger partial charge is 0.315 e. The molecule has 0 saturated carbocycles. The summed E-state index contributed by atoms with van der Waals surface area (Å²) >= 11 is 0. The first-order valence-corrected chi connectivity index (χ1v) is 7.33. The summed E-state index contributed by atoms with van der Waals surface area (Å²) < 4.78 is 0. The summed E-state index contributed by atoms with van der Waals surface area (Å²) in [5, 5.41) is 3.48. The van der Waals surface area contributed by atoms with Crippen molar-refractivity contribution in [3.63, 3.8) is 0 Å². The first kappa shape index (κ1) is 14.9. The summed E-state index contributed by atoms with van der Waals surface area (Å²) in [5.74, 6) is 0. The van der Waals surface area contributed by atoms with Crippen LogP contribution >= 0.6 is 0 Å². The van der Waals surface area contributed by atoms with Gasteiger partial charge in [0.25, 0.3) is 0 Å². The standard InChI is InChI=1S/C14H31N3/c1-14(2)15-8-5-4-6-10-17-11-7-9-16(3)12-13-17/h14-15H,4-13H2,1-3H3. The number of likely N-dealkylation sites (N-methyl/N-ethyl adjacent to an activating group) is 1. The Balaban J connectivity index is 1.95.